The van der Waals surface area contributed by atoms with Crippen molar-refractivity contribution in [1.82, 2.24) is 0 Å². The zero-order chi connectivity index (χ0) is 10.6. The summed E-state index contributed by atoms with van der Waals surface area (Å²) in [5, 5.41) is 17.2. The smallest absolute Gasteiger partial charge is 0.331 e. The first-order valence-corrected chi connectivity index (χ1v) is 4.05. The first-order chi connectivity index (χ1) is 6.63. The molecule has 70 valence electrons. The summed E-state index contributed by atoms with van der Waals surface area (Å²) < 4.78 is 0. The van der Waals surface area contributed by atoms with Gasteiger partial charge in [0.05, 0.1) is 11.6 Å². The molecule has 0 amide bonds. The summed E-state index contributed by atoms with van der Waals surface area (Å²) in [7, 11) is 0. The Balaban J connectivity index is 2.95. The quantitative estimate of drug-likeness (QED) is 0.720. The normalized spacial score (nSPS) is 10.7. The molecule has 0 fully saturated rings. The molecule has 0 radical (unpaired) electrons. The van der Waals surface area contributed by atoms with Crippen LogP contribution in [-0.2, 0) is 4.79 Å². The molecule has 0 aliphatic heterocycles. The van der Waals surface area contributed by atoms with Gasteiger partial charge in [-0.05, 0) is 30.7 Å². The number of rotatable bonds is 2. The molecule has 1 aromatic rings. The maximum Gasteiger partial charge on any atom is 0.331 e. The van der Waals surface area contributed by atoms with E-state index in [0.717, 1.165) is 5.56 Å². The van der Waals surface area contributed by atoms with Crippen molar-refractivity contribution in [3.63, 3.8) is 0 Å². The molecule has 1 N–H and O–H groups in total. The summed E-state index contributed by atoms with van der Waals surface area (Å²) in [6.07, 6.45) is 1.56. The zero-order valence-corrected chi connectivity index (χ0v) is 7.69. The van der Waals surface area contributed by atoms with Crippen LogP contribution in [0.3, 0.4) is 0 Å². The lowest BCUT2D eigenvalue weighted by atomic mass is 10.1. The number of carboxylic acids is 1. The number of aliphatic carboxylic acids is 1. The molecule has 0 heterocycles. The van der Waals surface area contributed by atoms with Crippen LogP contribution < -0.4 is 0 Å². The second-order valence-electron chi connectivity index (χ2n) is 2.87. The van der Waals surface area contributed by atoms with Gasteiger partial charge in [0.2, 0.25) is 0 Å². The van der Waals surface area contributed by atoms with E-state index in [4.69, 9.17) is 10.4 Å². The lowest BCUT2D eigenvalue weighted by Crippen LogP contribution is -1.95. The van der Waals surface area contributed by atoms with Gasteiger partial charge in [-0.2, -0.15) is 5.26 Å². The number of carbonyl (C=O) groups is 1. The first kappa shape index (κ1) is 10.0. The minimum Gasteiger partial charge on any atom is -0.478 e. The van der Waals surface area contributed by atoms with Crippen molar-refractivity contribution in [1.29, 1.82) is 5.26 Å². The number of benzene rings is 1. The highest BCUT2D eigenvalue weighted by atomic mass is 16.4. The Bertz CT molecular complexity index is 410. The van der Waals surface area contributed by atoms with Crippen LogP contribution in [-0.4, -0.2) is 11.1 Å². The Kier molecular flexibility index (Phi) is 3.03. The van der Waals surface area contributed by atoms with Gasteiger partial charge < -0.3 is 5.11 Å². The minimum absolute atomic E-state index is 0.273. The third kappa shape index (κ3) is 2.46. The van der Waals surface area contributed by atoms with Gasteiger partial charge in [-0.3, -0.25) is 0 Å². The van der Waals surface area contributed by atoms with Gasteiger partial charge in [0.25, 0.3) is 0 Å². The van der Waals surface area contributed by atoms with E-state index in [9.17, 15) is 4.79 Å². The van der Waals surface area contributed by atoms with Crippen LogP contribution in [0.25, 0.3) is 6.08 Å². The molecule has 1 rings (SSSR count). The molecule has 0 aromatic heterocycles. The number of nitrogens with zero attached hydrogens (tertiary/aromatic N) is 1. The molecule has 0 atom stereocenters. The molecule has 3 heteroatoms. The fourth-order valence-electron chi connectivity index (χ4n) is 0.966. The molecule has 0 saturated heterocycles. The number of carboxylic acid groups (broad SMARTS) is 1. The average Bonchev–Trinajstić information content (AvgIpc) is 2.19. The molecule has 0 aliphatic carbocycles. The van der Waals surface area contributed by atoms with E-state index >= 15 is 0 Å². The highest BCUT2D eigenvalue weighted by Gasteiger charge is 1.99. The van der Waals surface area contributed by atoms with Crippen molar-refractivity contribution in [2.45, 2.75) is 6.92 Å². The average molecular weight is 187 g/mol. The van der Waals surface area contributed by atoms with Crippen LogP contribution in [0, 0.1) is 11.3 Å². The van der Waals surface area contributed by atoms with Crippen LogP contribution in [0.4, 0.5) is 0 Å². The molecule has 0 bridgehead atoms. The maximum atomic E-state index is 10.5. The van der Waals surface area contributed by atoms with E-state index in [1.165, 1.54) is 6.92 Å². The fourth-order valence-corrected chi connectivity index (χ4v) is 0.966. The third-order valence-electron chi connectivity index (χ3n) is 1.76. The SMILES string of the molecule is CC(=Cc1ccc(C#N)cc1)C(=O)O. The molecular weight excluding hydrogens is 178 g/mol. The maximum absolute atomic E-state index is 10.5. The van der Waals surface area contributed by atoms with E-state index in [-0.39, 0.29) is 5.57 Å². The largest absolute Gasteiger partial charge is 0.478 e. The van der Waals surface area contributed by atoms with Crippen LogP contribution in [0.15, 0.2) is 29.8 Å². The van der Waals surface area contributed by atoms with Crippen molar-refractivity contribution in [2.24, 2.45) is 0 Å². The Morgan fingerprint density at radius 2 is 2.00 bits per heavy atom. The van der Waals surface area contributed by atoms with Gasteiger partial charge in [0, 0.05) is 5.57 Å². The summed E-state index contributed by atoms with van der Waals surface area (Å²) >= 11 is 0. The summed E-state index contributed by atoms with van der Waals surface area (Å²) in [5.74, 6) is -0.936. The minimum atomic E-state index is -0.936. The first-order valence-electron chi connectivity index (χ1n) is 4.05. The van der Waals surface area contributed by atoms with Crippen molar-refractivity contribution in [3.8, 4) is 6.07 Å². The summed E-state index contributed by atoms with van der Waals surface area (Å²) in [6.45, 7) is 1.53. The van der Waals surface area contributed by atoms with E-state index < -0.39 is 5.97 Å². The van der Waals surface area contributed by atoms with Crippen LogP contribution in [0.2, 0.25) is 0 Å². The van der Waals surface area contributed by atoms with E-state index in [1.54, 1.807) is 30.3 Å². The van der Waals surface area contributed by atoms with Gasteiger partial charge in [0.15, 0.2) is 0 Å². The van der Waals surface area contributed by atoms with Crippen molar-refractivity contribution >= 4 is 12.0 Å². The van der Waals surface area contributed by atoms with Crippen LogP contribution in [0.1, 0.15) is 18.1 Å². The number of hydrogen-bond acceptors (Lipinski definition) is 2. The Morgan fingerprint density at radius 1 is 1.43 bits per heavy atom. The molecule has 1 aromatic carbocycles. The van der Waals surface area contributed by atoms with Crippen molar-refractivity contribution in [2.75, 3.05) is 0 Å². The Labute approximate surface area is 81.9 Å². The topological polar surface area (TPSA) is 61.1 Å². The third-order valence-corrected chi connectivity index (χ3v) is 1.76. The van der Waals surface area contributed by atoms with Crippen molar-refractivity contribution < 1.29 is 9.90 Å². The second kappa shape index (κ2) is 4.24. The fraction of sp³-hybridized carbons (Fsp3) is 0.0909. The van der Waals surface area contributed by atoms with E-state index in [2.05, 4.69) is 0 Å². The lowest BCUT2D eigenvalue weighted by Gasteiger charge is -1.95. The van der Waals surface area contributed by atoms with Gasteiger partial charge in [0.1, 0.15) is 0 Å². The number of nitriles is 1. The van der Waals surface area contributed by atoms with E-state index in [0.29, 0.717) is 5.56 Å². The molecule has 3 nitrogen and oxygen atoms in total. The molecule has 0 aliphatic rings. The second-order valence-corrected chi connectivity index (χ2v) is 2.87. The summed E-state index contributed by atoms with van der Waals surface area (Å²) in [5.41, 5.74) is 1.62. The van der Waals surface area contributed by atoms with E-state index in [1.807, 2.05) is 6.07 Å². The summed E-state index contributed by atoms with van der Waals surface area (Å²) in [6, 6.07) is 8.73. The Morgan fingerprint density at radius 3 is 2.43 bits per heavy atom. The summed E-state index contributed by atoms with van der Waals surface area (Å²) in [4.78, 5) is 10.5. The van der Waals surface area contributed by atoms with Gasteiger partial charge >= 0.3 is 5.97 Å². The molecule has 0 spiro atoms. The van der Waals surface area contributed by atoms with Gasteiger partial charge in [-0.15, -0.1) is 0 Å². The molecule has 0 saturated carbocycles. The number of hydrogen-bond donors (Lipinski definition) is 1. The predicted molar refractivity (Wildman–Crippen MR) is 52.4 cm³/mol. The van der Waals surface area contributed by atoms with Crippen LogP contribution in [0.5, 0.6) is 0 Å². The van der Waals surface area contributed by atoms with Gasteiger partial charge in [-0.1, -0.05) is 12.1 Å². The van der Waals surface area contributed by atoms with Gasteiger partial charge in [-0.25, -0.2) is 4.79 Å². The molecular formula is C11H9NO2. The Hall–Kier alpha value is -2.08. The lowest BCUT2D eigenvalue weighted by molar-refractivity contribution is -0.132. The van der Waals surface area contributed by atoms with Crippen molar-refractivity contribution in [3.05, 3.63) is 41.0 Å². The highest BCUT2D eigenvalue weighted by molar-refractivity contribution is 5.91. The standard InChI is InChI=1S/C11H9NO2/c1-8(11(13)14)6-9-2-4-10(7-12)5-3-9/h2-6H,1H3,(H,13,14). The zero-order valence-electron chi connectivity index (χ0n) is 7.69. The highest BCUT2D eigenvalue weighted by Crippen LogP contribution is 2.08. The van der Waals surface area contributed by atoms with Crippen LogP contribution >= 0.6 is 0 Å². The predicted octanol–water partition coefficient (Wildman–Crippen LogP) is 2.05. The molecule has 14 heavy (non-hydrogen) atoms. The monoisotopic (exact) mass is 187 g/mol. The molecule has 0 unspecified atom stereocenters.